The van der Waals surface area contributed by atoms with Crippen LogP contribution in [0.5, 0.6) is 0 Å². The second kappa shape index (κ2) is 8.01. The summed E-state index contributed by atoms with van der Waals surface area (Å²) in [4.78, 5) is 2.36. The molecule has 0 aromatic carbocycles. The molecule has 0 spiro atoms. The Bertz CT molecular complexity index is 172. The van der Waals surface area contributed by atoms with Crippen molar-refractivity contribution >= 4 is 0 Å². The van der Waals surface area contributed by atoms with Gasteiger partial charge in [0.05, 0.1) is 18.8 Å². The van der Waals surface area contributed by atoms with Gasteiger partial charge in [0.15, 0.2) is 0 Å². The van der Waals surface area contributed by atoms with Gasteiger partial charge in [-0.15, -0.1) is 0 Å². The van der Waals surface area contributed by atoms with Crippen LogP contribution in [0.1, 0.15) is 27.2 Å². The molecule has 0 aliphatic rings. The van der Waals surface area contributed by atoms with Crippen LogP contribution in [0.3, 0.4) is 0 Å². The minimum absolute atomic E-state index is 0.142. The van der Waals surface area contributed by atoms with Crippen LogP contribution in [0.15, 0.2) is 0 Å². The van der Waals surface area contributed by atoms with Crippen molar-refractivity contribution in [2.24, 2.45) is 0 Å². The normalized spacial score (nSPS) is 17.4. The minimum Gasteiger partial charge on any atom is -0.394 e. The maximum Gasteiger partial charge on any atom is 0.0623 e. The third-order valence-corrected chi connectivity index (χ3v) is 3.30. The molecule has 0 radical (unpaired) electrons. The van der Waals surface area contributed by atoms with Gasteiger partial charge in [0.25, 0.3) is 0 Å². The molecule has 0 aromatic rings. The molecule has 0 fully saturated rings. The molecule has 0 saturated heterocycles. The van der Waals surface area contributed by atoms with Crippen LogP contribution in [0, 0.1) is 0 Å². The van der Waals surface area contributed by atoms with Crippen LogP contribution in [0.4, 0.5) is 0 Å². The number of ether oxygens (including phenoxy) is 1. The molecule has 16 heavy (non-hydrogen) atoms. The Labute approximate surface area is 100.0 Å². The molecule has 0 aliphatic heterocycles. The summed E-state index contributed by atoms with van der Waals surface area (Å²) in [6.07, 6.45) is 1.11. The lowest BCUT2D eigenvalue weighted by atomic mass is 10.0. The molecular formula is C12H28N2O2. The molecule has 0 aliphatic carbocycles. The van der Waals surface area contributed by atoms with Gasteiger partial charge in [-0.05, 0) is 27.3 Å². The maximum absolute atomic E-state index is 9.39. The number of rotatable bonds is 9. The van der Waals surface area contributed by atoms with Gasteiger partial charge in [0.2, 0.25) is 0 Å². The SMILES string of the molecule is CCC(C)N(CCOC)CC(C)(CO)NC. The molecule has 2 atom stereocenters. The summed E-state index contributed by atoms with van der Waals surface area (Å²) in [7, 11) is 3.61. The number of likely N-dealkylation sites (N-methyl/N-ethyl adjacent to an activating group) is 1. The highest BCUT2D eigenvalue weighted by atomic mass is 16.5. The smallest absolute Gasteiger partial charge is 0.0623 e. The van der Waals surface area contributed by atoms with Crippen LogP contribution >= 0.6 is 0 Å². The highest BCUT2D eigenvalue weighted by Crippen LogP contribution is 2.10. The van der Waals surface area contributed by atoms with Crippen LogP contribution in [0.2, 0.25) is 0 Å². The average molecular weight is 232 g/mol. The standard InChI is InChI=1S/C12H28N2O2/c1-6-11(2)14(7-8-16-5)9-12(3,10-15)13-4/h11,13,15H,6-10H2,1-5H3. The van der Waals surface area contributed by atoms with E-state index >= 15 is 0 Å². The molecule has 0 heterocycles. The fourth-order valence-electron chi connectivity index (χ4n) is 1.58. The zero-order valence-corrected chi connectivity index (χ0v) is 11.4. The van der Waals surface area contributed by atoms with E-state index in [1.165, 1.54) is 0 Å². The largest absolute Gasteiger partial charge is 0.394 e. The topological polar surface area (TPSA) is 44.7 Å². The summed E-state index contributed by atoms with van der Waals surface area (Å²) < 4.78 is 5.12. The van der Waals surface area contributed by atoms with Crippen molar-refractivity contribution in [1.82, 2.24) is 10.2 Å². The van der Waals surface area contributed by atoms with E-state index in [-0.39, 0.29) is 12.1 Å². The third-order valence-electron chi connectivity index (χ3n) is 3.30. The first-order chi connectivity index (χ1) is 7.52. The first-order valence-electron chi connectivity index (χ1n) is 6.05. The van der Waals surface area contributed by atoms with E-state index in [0.29, 0.717) is 6.04 Å². The van der Waals surface area contributed by atoms with Crippen LogP contribution in [-0.4, -0.2) is 62.0 Å². The highest BCUT2D eigenvalue weighted by Gasteiger charge is 2.26. The van der Waals surface area contributed by atoms with Gasteiger partial charge in [0.1, 0.15) is 0 Å². The van der Waals surface area contributed by atoms with Crippen molar-refractivity contribution in [3.8, 4) is 0 Å². The van der Waals surface area contributed by atoms with Crippen molar-refractivity contribution in [2.45, 2.75) is 38.8 Å². The molecule has 0 saturated carbocycles. The molecule has 2 unspecified atom stereocenters. The van der Waals surface area contributed by atoms with Crippen molar-refractivity contribution in [2.75, 3.05) is 40.5 Å². The molecular weight excluding hydrogens is 204 g/mol. The fourth-order valence-corrected chi connectivity index (χ4v) is 1.58. The average Bonchev–Trinajstić information content (AvgIpc) is 2.33. The van der Waals surface area contributed by atoms with E-state index in [0.717, 1.165) is 26.1 Å². The number of nitrogens with one attached hydrogen (secondary N) is 1. The summed E-state index contributed by atoms with van der Waals surface area (Å²) in [5.74, 6) is 0. The van der Waals surface area contributed by atoms with Crippen molar-refractivity contribution in [3.63, 3.8) is 0 Å². The Morgan fingerprint density at radius 1 is 1.50 bits per heavy atom. The van der Waals surface area contributed by atoms with Crippen molar-refractivity contribution in [1.29, 1.82) is 0 Å². The Morgan fingerprint density at radius 3 is 2.50 bits per heavy atom. The second-order valence-electron chi connectivity index (χ2n) is 4.69. The molecule has 4 nitrogen and oxygen atoms in total. The van der Waals surface area contributed by atoms with E-state index in [1.54, 1.807) is 7.11 Å². The summed E-state index contributed by atoms with van der Waals surface area (Å²) in [5, 5.41) is 12.6. The zero-order chi connectivity index (χ0) is 12.6. The number of aliphatic hydroxyl groups is 1. The predicted molar refractivity (Wildman–Crippen MR) is 67.8 cm³/mol. The van der Waals surface area contributed by atoms with Crippen molar-refractivity contribution < 1.29 is 9.84 Å². The number of methoxy groups -OCH3 is 1. The number of hydrogen-bond donors (Lipinski definition) is 2. The minimum atomic E-state index is -0.239. The van der Waals surface area contributed by atoms with E-state index < -0.39 is 0 Å². The Morgan fingerprint density at radius 2 is 2.12 bits per heavy atom. The molecule has 0 amide bonds. The lowest BCUT2D eigenvalue weighted by Crippen LogP contribution is -2.54. The van der Waals surface area contributed by atoms with E-state index in [4.69, 9.17) is 4.74 Å². The molecule has 0 bridgehead atoms. The lowest BCUT2D eigenvalue weighted by Gasteiger charge is -2.37. The Hall–Kier alpha value is -0.160. The fraction of sp³-hybridized carbons (Fsp3) is 1.00. The first-order valence-corrected chi connectivity index (χ1v) is 6.05. The summed E-state index contributed by atoms with van der Waals surface area (Å²) in [6.45, 7) is 9.04. The van der Waals surface area contributed by atoms with E-state index in [1.807, 2.05) is 14.0 Å². The van der Waals surface area contributed by atoms with Gasteiger partial charge < -0.3 is 15.2 Å². The van der Waals surface area contributed by atoms with Gasteiger partial charge >= 0.3 is 0 Å². The van der Waals surface area contributed by atoms with Crippen molar-refractivity contribution in [3.05, 3.63) is 0 Å². The van der Waals surface area contributed by atoms with Crippen LogP contribution in [-0.2, 0) is 4.74 Å². The molecule has 0 aromatic heterocycles. The van der Waals surface area contributed by atoms with E-state index in [9.17, 15) is 5.11 Å². The van der Waals surface area contributed by atoms with Gasteiger partial charge in [-0.3, -0.25) is 4.90 Å². The van der Waals surface area contributed by atoms with Gasteiger partial charge in [-0.2, -0.15) is 0 Å². The molecule has 4 heteroatoms. The Kier molecular flexibility index (Phi) is 7.93. The quantitative estimate of drug-likeness (QED) is 0.614. The monoisotopic (exact) mass is 232 g/mol. The Balaban J connectivity index is 4.39. The zero-order valence-electron chi connectivity index (χ0n) is 11.4. The highest BCUT2D eigenvalue weighted by molar-refractivity contribution is 4.86. The van der Waals surface area contributed by atoms with E-state index in [2.05, 4.69) is 24.1 Å². The third kappa shape index (κ3) is 5.25. The summed E-state index contributed by atoms with van der Waals surface area (Å²) >= 11 is 0. The first kappa shape index (κ1) is 15.8. The number of hydrogen-bond acceptors (Lipinski definition) is 4. The second-order valence-corrected chi connectivity index (χ2v) is 4.69. The summed E-state index contributed by atoms with van der Waals surface area (Å²) in [5.41, 5.74) is -0.239. The maximum atomic E-state index is 9.39. The predicted octanol–water partition coefficient (Wildman–Crippen LogP) is 0.704. The number of nitrogens with zero attached hydrogens (tertiary/aromatic N) is 1. The lowest BCUT2D eigenvalue weighted by molar-refractivity contribution is 0.0760. The van der Waals surface area contributed by atoms with Gasteiger partial charge in [-0.25, -0.2) is 0 Å². The van der Waals surface area contributed by atoms with Crippen LogP contribution in [0.25, 0.3) is 0 Å². The van der Waals surface area contributed by atoms with Gasteiger partial charge in [0, 0.05) is 26.2 Å². The number of aliphatic hydroxyl groups excluding tert-OH is 1. The molecule has 98 valence electrons. The summed E-state index contributed by atoms with van der Waals surface area (Å²) in [6, 6.07) is 0.509. The molecule has 2 N–H and O–H groups in total. The van der Waals surface area contributed by atoms with Gasteiger partial charge in [-0.1, -0.05) is 6.92 Å². The molecule has 0 rings (SSSR count). The van der Waals surface area contributed by atoms with Crippen LogP contribution < -0.4 is 5.32 Å².